The summed E-state index contributed by atoms with van der Waals surface area (Å²) in [6, 6.07) is 2.70. The molecule has 0 saturated carbocycles. The second-order valence-electron chi connectivity index (χ2n) is 11.9. The maximum Gasteiger partial charge on any atom is 0.407 e. The van der Waals surface area contributed by atoms with Crippen molar-refractivity contribution in [1.29, 1.82) is 0 Å². The number of aliphatic hydroxyl groups excluding tert-OH is 1. The van der Waals surface area contributed by atoms with Crippen LogP contribution in [0, 0.1) is 5.92 Å². The van der Waals surface area contributed by atoms with Crippen molar-refractivity contribution in [3.05, 3.63) is 29.8 Å². The van der Waals surface area contributed by atoms with Crippen molar-refractivity contribution in [1.82, 2.24) is 26.6 Å². The number of amides is 7. The molecule has 0 aliphatic rings. The van der Waals surface area contributed by atoms with E-state index >= 15 is 0 Å². The van der Waals surface area contributed by atoms with Crippen LogP contribution in [0.15, 0.2) is 24.3 Å². The molecule has 1 rings (SSSR count). The Bertz CT molecular complexity index is 1150. The largest absolute Gasteiger partial charge is 0.444 e. The molecule has 0 bridgehead atoms. The molecule has 0 aromatic heterocycles. The number of hydrogen-bond acceptors (Lipinski definition) is 8. The topological polar surface area (TPSA) is 230 Å². The maximum atomic E-state index is 13.4. The van der Waals surface area contributed by atoms with Crippen LogP contribution in [0.4, 0.5) is 15.3 Å². The molecule has 9 N–H and O–H groups in total. The first-order chi connectivity index (χ1) is 21.0. The van der Waals surface area contributed by atoms with E-state index in [1.54, 1.807) is 58.9 Å². The Labute approximate surface area is 264 Å². The van der Waals surface area contributed by atoms with Crippen LogP contribution < -0.4 is 37.6 Å². The smallest absolute Gasteiger partial charge is 0.407 e. The maximum absolute atomic E-state index is 13.4. The molecule has 252 valence electrons. The van der Waals surface area contributed by atoms with Crippen LogP contribution in [0.25, 0.3) is 0 Å². The Morgan fingerprint density at radius 1 is 0.822 bits per heavy atom. The van der Waals surface area contributed by atoms with E-state index in [1.165, 1.54) is 6.92 Å². The third-order valence-electron chi connectivity index (χ3n) is 6.28. The van der Waals surface area contributed by atoms with Gasteiger partial charge in [0.25, 0.3) is 0 Å². The summed E-state index contributed by atoms with van der Waals surface area (Å²) >= 11 is 0. The number of primary amides is 1. The molecule has 0 aliphatic carbocycles. The molecule has 0 aliphatic heterocycles. The van der Waals surface area contributed by atoms with Gasteiger partial charge in [-0.15, -0.1) is 0 Å². The molecular formula is C30H49N7O8. The molecule has 0 heterocycles. The molecule has 15 heteroatoms. The van der Waals surface area contributed by atoms with Gasteiger partial charge >= 0.3 is 12.1 Å². The fourth-order valence-corrected chi connectivity index (χ4v) is 4.08. The number of carbonyl (C=O) groups is 6. The van der Waals surface area contributed by atoms with Gasteiger partial charge in [0.05, 0.1) is 6.61 Å². The fraction of sp³-hybridized carbons (Fsp3) is 0.600. The van der Waals surface area contributed by atoms with Gasteiger partial charge in [-0.25, -0.2) is 9.59 Å². The van der Waals surface area contributed by atoms with E-state index < -0.39 is 65.4 Å². The minimum Gasteiger partial charge on any atom is -0.444 e. The van der Waals surface area contributed by atoms with Crippen molar-refractivity contribution < 1.29 is 38.6 Å². The zero-order valence-electron chi connectivity index (χ0n) is 27.0. The van der Waals surface area contributed by atoms with Gasteiger partial charge in [-0.3, -0.25) is 19.2 Å². The number of ether oxygens (including phenoxy) is 1. The third kappa shape index (κ3) is 16.3. The highest BCUT2D eigenvalue weighted by Crippen LogP contribution is 2.12. The molecule has 0 spiro atoms. The number of nitrogens with one attached hydrogen (secondary N) is 6. The van der Waals surface area contributed by atoms with E-state index in [9.17, 15) is 33.9 Å². The van der Waals surface area contributed by atoms with Gasteiger partial charge in [0.1, 0.15) is 23.7 Å². The van der Waals surface area contributed by atoms with Crippen LogP contribution in [0.2, 0.25) is 0 Å². The summed E-state index contributed by atoms with van der Waals surface area (Å²) in [4.78, 5) is 74.6. The first-order valence-corrected chi connectivity index (χ1v) is 14.9. The molecule has 45 heavy (non-hydrogen) atoms. The monoisotopic (exact) mass is 635 g/mol. The molecule has 1 aromatic rings. The van der Waals surface area contributed by atoms with E-state index in [-0.39, 0.29) is 32.5 Å². The zero-order chi connectivity index (χ0) is 34.2. The second kappa shape index (κ2) is 19.1. The number of rotatable bonds is 17. The van der Waals surface area contributed by atoms with Gasteiger partial charge in [-0.1, -0.05) is 26.0 Å². The zero-order valence-corrected chi connectivity index (χ0v) is 27.0. The molecule has 7 amide bonds. The van der Waals surface area contributed by atoms with E-state index in [0.29, 0.717) is 24.1 Å². The summed E-state index contributed by atoms with van der Waals surface area (Å²) in [5, 5.41) is 25.0. The summed E-state index contributed by atoms with van der Waals surface area (Å²) < 4.78 is 5.19. The number of hydrogen-bond donors (Lipinski definition) is 8. The summed E-state index contributed by atoms with van der Waals surface area (Å²) in [7, 11) is 0. The lowest BCUT2D eigenvalue weighted by atomic mass is 10.0. The van der Waals surface area contributed by atoms with E-state index in [1.807, 2.05) is 0 Å². The Balaban J connectivity index is 2.96. The first kappa shape index (κ1) is 38.6. The Morgan fingerprint density at radius 2 is 1.38 bits per heavy atom. The van der Waals surface area contributed by atoms with Crippen LogP contribution in [-0.2, 0) is 30.5 Å². The Morgan fingerprint density at radius 3 is 1.87 bits per heavy atom. The van der Waals surface area contributed by atoms with Crippen molar-refractivity contribution in [2.45, 2.75) is 97.6 Å². The standard InChI is InChI=1S/C30H49N7O8/c1-18(2)24(37-26(41)22(34-19(3)39)9-8-16-33-29(44)45-30(4,5)6)27(42)36-23(10-7-15-32-28(31)43)25(40)35-21-13-11-20(17-38)12-14-21/h11-14,18,22-24,38H,7-10,15-17H2,1-6H3,(H,33,44)(H,34,39)(H,35,40)(H,36,42)(H,37,41)(H3,31,32,43)/t22-,23-,24-/m0/s1. The number of benzene rings is 1. The minimum atomic E-state index is -1.06. The lowest BCUT2D eigenvalue weighted by Gasteiger charge is -2.27. The summed E-state index contributed by atoms with van der Waals surface area (Å²) in [6.07, 6.45) is 0.346. The second-order valence-corrected chi connectivity index (χ2v) is 11.9. The van der Waals surface area contributed by atoms with Crippen LogP contribution in [0.1, 0.15) is 72.8 Å². The third-order valence-corrected chi connectivity index (χ3v) is 6.28. The Kier molecular flexibility index (Phi) is 16.4. The van der Waals surface area contributed by atoms with E-state index in [0.717, 1.165) is 0 Å². The van der Waals surface area contributed by atoms with Gasteiger partial charge in [0, 0.05) is 25.7 Å². The number of aliphatic hydroxyl groups is 1. The average molecular weight is 636 g/mol. The van der Waals surface area contributed by atoms with Crippen molar-refractivity contribution in [2.75, 3.05) is 18.4 Å². The number of urea groups is 1. The lowest BCUT2D eigenvalue weighted by Crippen LogP contribution is -2.57. The average Bonchev–Trinajstić information content (AvgIpc) is 2.93. The number of alkyl carbamates (subject to hydrolysis) is 1. The molecule has 0 saturated heterocycles. The predicted molar refractivity (Wildman–Crippen MR) is 168 cm³/mol. The van der Waals surface area contributed by atoms with Gasteiger partial charge in [-0.2, -0.15) is 0 Å². The molecule has 0 fully saturated rings. The number of nitrogens with two attached hydrogens (primary N) is 1. The SMILES string of the molecule is CC(=O)N[C@@H](CCCNC(=O)OC(C)(C)C)C(=O)N[C@H](C(=O)N[C@@H](CCCNC(N)=O)C(=O)Nc1ccc(CO)cc1)C(C)C. The molecule has 0 radical (unpaired) electrons. The quantitative estimate of drug-likeness (QED) is 0.115. The molecular weight excluding hydrogens is 586 g/mol. The summed E-state index contributed by atoms with van der Waals surface area (Å²) in [5.41, 5.74) is 5.55. The highest BCUT2D eigenvalue weighted by Gasteiger charge is 2.31. The molecule has 3 atom stereocenters. The molecule has 15 nitrogen and oxygen atoms in total. The highest BCUT2D eigenvalue weighted by atomic mass is 16.6. The van der Waals surface area contributed by atoms with Crippen LogP contribution in [0.3, 0.4) is 0 Å². The normalized spacial score (nSPS) is 13.1. The van der Waals surface area contributed by atoms with E-state index in [4.69, 9.17) is 10.5 Å². The molecule has 1 aromatic carbocycles. The van der Waals surface area contributed by atoms with Crippen molar-refractivity contribution >= 4 is 41.4 Å². The molecule has 0 unspecified atom stereocenters. The number of carbonyl (C=O) groups excluding carboxylic acids is 6. The van der Waals surface area contributed by atoms with Crippen LogP contribution in [0.5, 0.6) is 0 Å². The van der Waals surface area contributed by atoms with Gasteiger partial charge < -0.3 is 47.5 Å². The van der Waals surface area contributed by atoms with Gasteiger partial charge in [0.2, 0.25) is 23.6 Å². The summed E-state index contributed by atoms with van der Waals surface area (Å²) in [6.45, 7) is 10.1. The van der Waals surface area contributed by atoms with Crippen molar-refractivity contribution in [3.63, 3.8) is 0 Å². The van der Waals surface area contributed by atoms with Gasteiger partial charge in [-0.05, 0) is 70.1 Å². The summed E-state index contributed by atoms with van der Waals surface area (Å²) in [5.74, 6) is -2.60. The fourth-order valence-electron chi connectivity index (χ4n) is 4.08. The van der Waals surface area contributed by atoms with Crippen LogP contribution in [-0.4, -0.2) is 77.7 Å². The van der Waals surface area contributed by atoms with Crippen LogP contribution >= 0.6 is 0 Å². The van der Waals surface area contributed by atoms with Crippen molar-refractivity contribution in [3.8, 4) is 0 Å². The van der Waals surface area contributed by atoms with Gasteiger partial charge in [0.15, 0.2) is 0 Å². The minimum absolute atomic E-state index is 0.143. The Hall–Kier alpha value is -4.40. The first-order valence-electron chi connectivity index (χ1n) is 14.9. The predicted octanol–water partition coefficient (Wildman–Crippen LogP) is 1.00. The highest BCUT2D eigenvalue weighted by molar-refractivity contribution is 5.99. The van der Waals surface area contributed by atoms with E-state index in [2.05, 4.69) is 31.9 Å². The lowest BCUT2D eigenvalue weighted by molar-refractivity contribution is -0.133. The van der Waals surface area contributed by atoms with Crippen molar-refractivity contribution in [2.24, 2.45) is 11.7 Å². The number of anilines is 1.